The van der Waals surface area contributed by atoms with Crippen LogP contribution in [0.15, 0.2) is 12.3 Å². The standard InChI is InChI=1S/C11H10ClN3O4/c1-5-3-11(9(16)13-10(17)14-11)7-2-6(12)4-15(18)8(7)19-5/h2,4-5H,3H2,1H3,(H2,13,14,16,17)/t5-,11?/m1/s1. The zero-order valence-corrected chi connectivity index (χ0v) is 10.7. The largest absolute Gasteiger partial charge is 0.616 e. The van der Waals surface area contributed by atoms with Gasteiger partial charge in [-0.2, -0.15) is 0 Å². The van der Waals surface area contributed by atoms with Crippen LogP contribution in [-0.4, -0.2) is 18.0 Å². The maximum atomic E-state index is 12.1. The highest BCUT2D eigenvalue weighted by Crippen LogP contribution is 2.40. The summed E-state index contributed by atoms with van der Waals surface area (Å²) in [5, 5.41) is 16.7. The number of aromatic nitrogens is 1. The Hall–Kier alpha value is -2.02. The van der Waals surface area contributed by atoms with Crippen LogP contribution >= 0.6 is 11.6 Å². The van der Waals surface area contributed by atoms with Crippen LogP contribution in [0.5, 0.6) is 5.88 Å². The van der Waals surface area contributed by atoms with E-state index < -0.39 is 23.6 Å². The normalized spacial score (nSPS) is 28.6. The molecule has 1 spiro atoms. The molecule has 2 aliphatic rings. The fraction of sp³-hybridized carbons (Fsp3) is 0.364. The van der Waals surface area contributed by atoms with E-state index in [2.05, 4.69) is 10.6 Å². The number of hydrogen-bond donors (Lipinski definition) is 2. The van der Waals surface area contributed by atoms with Gasteiger partial charge in [0, 0.05) is 6.42 Å². The van der Waals surface area contributed by atoms with Crippen molar-refractivity contribution in [2.45, 2.75) is 25.0 Å². The van der Waals surface area contributed by atoms with Crippen molar-refractivity contribution in [3.05, 3.63) is 28.1 Å². The van der Waals surface area contributed by atoms with Crippen LogP contribution in [0.25, 0.3) is 0 Å². The Labute approximate surface area is 113 Å². The van der Waals surface area contributed by atoms with Gasteiger partial charge in [-0.3, -0.25) is 10.1 Å². The number of hydrogen-bond acceptors (Lipinski definition) is 4. The van der Waals surface area contributed by atoms with Crippen molar-refractivity contribution >= 4 is 23.5 Å². The van der Waals surface area contributed by atoms with Gasteiger partial charge in [-0.05, 0) is 13.0 Å². The Morgan fingerprint density at radius 3 is 2.95 bits per heavy atom. The lowest BCUT2D eigenvalue weighted by Crippen LogP contribution is -2.52. The Morgan fingerprint density at radius 1 is 1.58 bits per heavy atom. The van der Waals surface area contributed by atoms with E-state index in [9.17, 15) is 14.8 Å². The van der Waals surface area contributed by atoms with E-state index >= 15 is 0 Å². The van der Waals surface area contributed by atoms with Crippen molar-refractivity contribution in [1.29, 1.82) is 0 Å². The number of halogens is 1. The summed E-state index contributed by atoms with van der Waals surface area (Å²) < 4.78 is 5.91. The van der Waals surface area contributed by atoms with E-state index in [4.69, 9.17) is 16.3 Å². The molecule has 0 radical (unpaired) electrons. The third-order valence-corrected chi connectivity index (χ3v) is 3.47. The number of ether oxygens (including phenoxy) is 1. The monoisotopic (exact) mass is 283 g/mol. The maximum Gasteiger partial charge on any atom is 0.386 e. The molecule has 2 N–H and O–H groups in total. The molecule has 100 valence electrons. The summed E-state index contributed by atoms with van der Waals surface area (Å²) in [4.78, 5) is 23.5. The van der Waals surface area contributed by atoms with Gasteiger partial charge in [0.25, 0.3) is 5.91 Å². The zero-order valence-electron chi connectivity index (χ0n) is 9.90. The van der Waals surface area contributed by atoms with Crippen molar-refractivity contribution in [2.75, 3.05) is 0 Å². The van der Waals surface area contributed by atoms with E-state index in [0.29, 0.717) is 4.73 Å². The molecule has 0 saturated carbocycles. The van der Waals surface area contributed by atoms with E-state index in [0.717, 1.165) is 6.20 Å². The first-order chi connectivity index (χ1) is 8.92. The fourth-order valence-electron chi connectivity index (χ4n) is 2.55. The van der Waals surface area contributed by atoms with Crippen LogP contribution in [0.1, 0.15) is 18.9 Å². The smallest absolute Gasteiger partial charge is 0.386 e. The predicted molar refractivity (Wildman–Crippen MR) is 63.5 cm³/mol. The van der Waals surface area contributed by atoms with Gasteiger partial charge < -0.3 is 15.3 Å². The third kappa shape index (κ3) is 1.61. The molecule has 3 amide bonds. The lowest BCUT2D eigenvalue weighted by atomic mass is 9.83. The van der Waals surface area contributed by atoms with Gasteiger partial charge in [0.15, 0.2) is 5.54 Å². The van der Waals surface area contributed by atoms with E-state index in [-0.39, 0.29) is 22.9 Å². The molecule has 0 aliphatic carbocycles. The van der Waals surface area contributed by atoms with Gasteiger partial charge in [0.05, 0.1) is 0 Å². The van der Waals surface area contributed by atoms with Gasteiger partial charge in [-0.15, -0.1) is 4.73 Å². The lowest BCUT2D eigenvalue weighted by Gasteiger charge is -2.34. The first-order valence-corrected chi connectivity index (χ1v) is 6.03. The number of carbonyl (C=O) groups excluding carboxylic acids is 2. The average Bonchev–Trinajstić information content (AvgIpc) is 2.56. The molecule has 1 aromatic rings. The van der Waals surface area contributed by atoms with Crippen molar-refractivity contribution < 1.29 is 19.1 Å². The molecule has 2 atom stereocenters. The number of urea groups is 1. The van der Waals surface area contributed by atoms with Gasteiger partial charge in [-0.1, -0.05) is 11.6 Å². The summed E-state index contributed by atoms with van der Waals surface area (Å²) in [5.74, 6) is -0.517. The molecule has 1 unspecified atom stereocenters. The highest BCUT2D eigenvalue weighted by Gasteiger charge is 2.55. The van der Waals surface area contributed by atoms with Gasteiger partial charge in [0.2, 0.25) is 6.20 Å². The minimum absolute atomic E-state index is 0.0134. The van der Waals surface area contributed by atoms with Gasteiger partial charge >= 0.3 is 11.9 Å². The molecular formula is C11H10ClN3O4. The van der Waals surface area contributed by atoms with Crippen LogP contribution in [0, 0.1) is 5.21 Å². The number of imide groups is 1. The Balaban J connectivity index is 2.25. The van der Waals surface area contributed by atoms with Crippen LogP contribution in [-0.2, 0) is 10.3 Å². The first-order valence-electron chi connectivity index (χ1n) is 5.66. The highest BCUT2D eigenvalue weighted by molar-refractivity contribution is 6.30. The number of rotatable bonds is 0. The van der Waals surface area contributed by atoms with Crippen molar-refractivity contribution in [3.63, 3.8) is 0 Å². The van der Waals surface area contributed by atoms with Gasteiger partial charge in [-0.25, -0.2) is 4.79 Å². The average molecular weight is 284 g/mol. The second-order valence-electron chi connectivity index (χ2n) is 4.65. The number of carbonyl (C=O) groups is 2. The number of nitrogens with zero attached hydrogens (tertiary/aromatic N) is 1. The summed E-state index contributed by atoms with van der Waals surface area (Å²) in [7, 11) is 0. The Morgan fingerprint density at radius 2 is 2.32 bits per heavy atom. The fourth-order valence-corrected chi connectivity index (χ4v) is 2.74. The highest BCUT2D eigenvalue weighted by atomic mass is 35.5. The maximum absolute atomic E-state index is 12.1. The minimum atomic E-state index is -1.29. The molecule has 0 bridgehead atoms. The molecule has 8 heteroatoms. The molecule has 7 nitrogen and oxygen atoms in total. The van der Waals surface area contributed by atoms with Gasteiger partial charge in [0.1, 0.15) is 16.7 Å². The van der Waals surface area contributed by atoms with Crippen molar-refractivity contribution in [2.24, 2.45) is 0 Å². The molecule has 3 heterocycles. The molecule has 1 fully saturated rings. The number of fused-ring (bicyclic) bond motifs is 2. The molecule has 0 aromatic carbocycles. The van der Waals surface area contributed by atoms with Crippen LogP contribution in [0.4, 0.5) is 4.79 Å². The minimum Gasteiger partial charge on any atom is -0.616 e. The summed E-state index contributed by atoms with van der Waals surface area (Å²) in [6.45, 7) is 1.72. The molecular weight excluding hydrogens is 274 g/mol. The van der Waals surface area contributed by atoms with E-state index in [1.165, 1.54) is 6.07 Å². The summed E-state index contributed by atoms with van der Waals surface area (Å²) in [6.07, 6.45) is 0.983. The number of nitrogens with one attached hydrogen (secondary N) is 2. The quantitative estimate of drug-likeness (QED) is 0.403. The van der Waals surface area contributed by atoms with Crippen molar-refractivity contribution in [3.8, 4) is 5.88 Å². The van der Waals surface area contributed by atoms with E-state index in [1.807, 2.05) is 0 Å². The molecule has 19 heavy (non-hydrogen) atoms. The number of amides is 3. The summed E-state index contributed by atoms with van der Waals surface area (Å²) >= 11 is 5.84. The molecule has 1 aromatic heterocycles. The Kier molecular flexibility index (Phi) is 2.37. The van der Waals surface area contributed by atoms with Crippen molar-refractivity contribution in [1.82, 2.24) is 10.6 Å². The summed E-state index contributed by atoms with van der Waals surface area (Å²) in [5.41, 5.74) is -1.02. The van der Waals surface area contributed by atoms with E-state index in [1.54, 1.807) is 6.92 Å². The number of pyridine rings is 1. The molecule has 1 saturated heterocycles. The lowest BCUT2D eigenvalue weighted by molar-refractivity contribution is -0.615. The Bertz CT molecular complexity index is 606. The summed E-state index contributed by atoms with van der Waals surface area (Å²) in [6, 6.07) is 0.866. The SMILES string of the molecule is C[C@@H]1CC2(NC(=O)NC2=O)c2cc(Cl)c[n+]([O-])c2O1. The zero-order chi connectivity index (χ0) is 13.8. The van der Waals surface area contributed by atoms with Crippen LogP contribution < -0.4 is 20.1 Å². The topological polar surface area (TPSA) is 94.4 Å². The molecule has 3 rings (SSSR count). The third-order valence-electron chi connectivity index (χ3n) is 3.26. The predicted octanol–water partition coefficient (Wildman–Crippen LogP) is 0.179. The second-order valence-corrected chi connectivity index (χ2v) is 5.09. The van der Waals surface area contributed by atoms with Crippen LogP contribution in [0.3, 0.4) is 0 Å². The second kappa shape index (κ2) is 3.74. The molecule has 2 aliphatic heterocycles. The first kappa shape index (κ1) is 12.0. The van der Waals surface area contributed by atoms with Crippen LogP contribution in [0.2, 0.25) is 5.02 Å².